The van der Waals surface area contributed by atoms with Crippen molar-refractivity contribution in [1.29, 1.82) is 15.8 Å². The molecule has 0 bridgehead atoms. The van der Waals surface area contributed by atoms with Gasteiger partial charge >= 0.3 is 6.18 Å². The highest BCUT2D eigenvalue weighted by atomic mass is 19.4. The second-order valence-corrected chi connectivity index (χ2v) is 18.1. The molecule has 0 unspecified atom stereocenters. The highest BCUT2D eigenvalue weighted by Gasteiger charge is 2.32. The summed E-state index contributed by atoms with van der Waals surface area (Å²) in [6.45, 7) is 32.0. The van der Waals surface area contributed by atoms with Crippen LogP contribution in [0.25, 0.3) is 125 Å². The summed E-state index contributed by atoms with van der Waals surface area (Å²) in [5.74, 6) is 0.403. The third-order valence-electron chi connectivity index (χ3n) is 13.5. The van der Waals surface area contributed by atoms with Crippen LogP contribution in [0.15, 0.2) is 188 Å². The summed E-state index contributed by atoms with van der Waals surface area (Å²) < 4.78 is 46.8. The SMILES string of the molecule is [C-]#[N+]c1cccc(-c2cc(-c3cc(-c4ccccc4)nc(-c4ccccc4)n3)cc(-c3cccc(C(F)(F)F)c3)c2-n2c3ccc(-c4c(C#N)cc(C#N)cc4[N+]#[C-])cc3c3cc(-c4c(C#N)cc([N+]#[C-])cc4[N+]#[C-])ccc32)c1. The van der Waals surface area contributed by atoms with Crippen molar-refractivity contribution in [3.8, 4) is 102 Å². The number of nitriles is 3. The molecule has 11 rings (SSSR count). The molecular formula is C66H31F3N10. The highest BCUT2D eigenvalue weighted by molar-refractivity contribution is 6.14. The van der Waals surface area contributed by atoms with Crippen molar-refractivity contribution in [2.75, 3.05) is 0 Å². The van der Waals surface area contributed by atoms with Crippen LogP contribution in [0.1, 0.15) is 22.3 Å². The summed E-state index contributed by atoms with van der Waals surface area (Å²) in [5, 5.41) is 31.8. The van der Waals surface area contributed by atoms with Crippen molar-refractivity contribution in [3.63, 3.8) is 0 Å². The number of rotatable bonds is 8. The van der Waals surface area contributed by atoms with E-state index in [1.54, 1.807) is 66.7 Å². The van der Waals surface area contributed by atoms with Gasteiger partial charge in [-0.3, -0.25) is 0 Å². The first kappa shape index (κ1) is 49.3. The standard InChI is InChI=1S/C66H31F3N10/c1-73-50-20-12-18-43(28-50)53-33-46(57-35-56(40-13-7-5-8-14-40)77-65(78-57)41-15-9-6-10-16-41)32-52(42-17-11-19-49(27-42)66(67,68)69)64(53)79-60-23-21-44(62-47(37-71)25-39(36-70)26-58(62)75-3)30-54(60)55-31-45(22-24-61(55)79)63-48(38-72)29-51(74-2)34-59(63)76-4/h5-35H. The number of hydrogen-bond donors (Lipinski definition) is 0. The molecule has 0 spiro atoms. The smallest absolute Gasteiger partial charge is 0.308 e. The van der Waals surface area contributed by atoms with Gasteiger partial charge in [-0.25, -0.2) is 29.3 Å². The molecule has 9 aromatic carbocycles. The predicted octanol–water partition coefficient (Wildman–Crippen LogP) is 18.1. The van der Waals surface area contributed by atoms with Gasteiger partial charge in [-0.2, -0.15) is 29.0 Å². The van der Waals surface area contributed by atoms with E-state index in [4.69, 9.17) is 36.3 Å². The van der Waals surface area contributed by atoms with Crippen molar-refractivity contribution < 1.29 is 13.2 Å². The molecule has 0 radical (unpaired) electrons. The largest absolute Gasteiger partial charge is 0.416 e. The Hall–Kier alpha value is -11.9. The first-order valence-electron chi connectivity index (χ1n) is 24.1. The summed E-state index contributed by atoms with van der Waals surface area (Å²) in [6.07, 6.45) is -4.74. The highest BCUT2D eigenvalue weighted by Crippen LogP contribution is 2.48. The molecule has 11 aromatic rings. The summed E-state index contributed by atoms with van der Waals surface area (Å²) in [6, 6.07) is 59.1. The predicted molar refractivity (Wildman–Crippen MR) is 299 cm³/mol. The van der Waals surface area contributed by atoms with Crippen LogP contribution in [0.4, 0.5) is 35.9 Å². The lowest BCUT2D eigenvalue weighted by atomic mass is 9.90. The Morgan fingerprint density at radius 3 is 1.52 bits per heavy atom. The quantitative estimate of drug-likeness (QED) is 0.140. The number of alkyl halides is 3. The van der Waals surface area contributed by atoms with Crippen LogP contribution in [-0.4, -0.2) is 14.5 Å². The number of benzene rings is 9. The Bertz CT molecular complexity index is 4400. The van der Waals surface area contributed by atoms with Gasteiger partial charge in [-0.1, -0.05) is 109 Å². The third kappa shape index (κ3) is 8.95. The number of hydrogen-bond acceptors (Lipinski definition) is 5. The molecule has 0 aliphatic carbocycles. The maximum atomic E-state index is 15.0. The van der Waals surface area contributed by atoms with Crippen molar-refractivity contribution in [2.24, 2.45) is 0 Å². The first-order valence-corrected chi connectivity index (χ1v) is 24.1. The fourth-order valence-corrected chi connectivity index (χ4v) is 10.0. The molecular weight excluding hydrogens is 990 g/mol. The van der Waals surface area contributed by atoms with Crippen LogP contribution >= 0.6 is 0 Å². The molecule has 0 fully saturated rings. The third-order valence-corrected chi connectivity index (χ3v) is 13.5. The Kier molecular flexibility index (Phi) is 12.5. The minimum absolute atomic E-state index is 0.0552. The van der Waals surface area contributed by atoms with Gasteiger partial charge < -0.3 is 4.57 Å². The van der Waals surface area contributed by atoms with E-state index in [0.717, 1.165) is 23.3 Å². The lowest BCUT2D eigenvalue weighted by Gasteiger charge is -2.22. The lowest BCUT2D eigenvalue weighted by Crippen LogP contribution is -2.06. The molecule has 13 heteroatoms. The minimum Gasteiger partial charge on any atom is -0.308 e. The van der Waals surface area contributed by atoms with Gasteiger partial charge in [0.1, 0.15) is 0 Å². The fourth-order valence-electron chi connectivity index (χ4n) is 10.0. The molecule has 0 atom stereocenters. The van der Waals surface area contributed by atoms with E-state index in [9.17, 15) is 29.0 Å². The minimum atomic E-state index is -4.74. The van der Waals surface area contributed by atoms with Crippen LogP contribution in [0, 0.1) is 60.3 Å². The monoisotopic (exact) mass is 1020 g/mol. The molecule has 0 aliphatic rings. The van der Waals surface area contributed by atoms with Crippen LogP contribution in [0.5, 0.6) is 0 Å². The molecule has 10 nitrogen and oxygen atoms in total. The van der Waals surface area contributed by atoms with E-state index in [0.29, 0.717) is 83.8 Å². The van der Waals surface area contributed by atoms with E-state index in [1.807, 2.05) is 89.5 Å². The van der Waals surface area contributed by atoms with E-state index in [-0.39, 0.29) is 50.4 Å². The normalized spacial score (nSPS) is 10.9. The molecule has 79 heavy (non-hydrogen) atoms. The molecule has 2 heterocycles. The number of fused-ring (bicyclic) bond motifs is 3. The topological polar surface area (TPSA) is 120 Å². The Morgan fingerprint density at radius 2 is 0.962 bits per heavy atom. The van der Waals surface area contributed by atoms with Crippen LogP contribution in [0.2, 0.25) is 0 Å². The van der Waals surface area contributed by atoms with E-state index in [1.165, 1.54) is 30.3 Å². The lowest BCUT2D eigenvalue weighted by molar-refractivity contribution is -0.137. The zero-order chi connectivity index (χ0) is 55.0. The number of halogens is 3. The molecule has 0 saturated carbocycles. The fraction of sp³-hybridized carbons (Fsp3) is 0.0152. The molecule has 0 N–H and O–H groups in total. The molecule has 2 aromatic heterocycles. The van der Waals surface area contributed by atoms with Gasteiger partial charge in [-0.15, -0.1) is 0 Å². The molecule has 0 amide bonds. The summed E-state index contributed by atoms with van der Waals surface area (Å²) in [5.41, 5.74) is 7.43. The second-order valence-electron chi connectivity index (χ2n) is 18.1. The molecule has 0 aliphatic heterocycles. The van der Waals surface area contributed by atoms with Crippen molar-refractivity contribution >= 4 is 44.6 Å². The van der Waals surface area contributed by atoms with Gasteiger partial charge in [0, 0.05) is 60.8 Å². The van der Waals surface area contributed by atoms with Crippen molar-refractivity contribution in [3.05, 3.63) is 256 Å². The van der Waals surface area contributed by atoms with Gasteiger partial charge in [-0.05, 0) is 101 Å². The van der Waals surface area contributed by atoms with Crippen molar-refractivity contribution in [1.82, 2.24) is 14.5 Å². The Morgan fingerprint density at radius 1 is 0.430 bits per heavy atom. The van der Waals surface area contributed by atoms with E-state index < -0.39 is 11.7 Å². The number of nitrogens with zero attached hydrogens (tertiary/aromatic N) is 10. The van der Waals surface area contributed by atoms with Crippen molar-refractivity contribution in [2.45, 2.75) is 6.18 Å². The van der Waals surface area contributed by atoms with Gasteiger partial charge in [0.15, 0.2) is 28.6 Å². The summed E-state index contributed by atoms with van der Waals surface area (Å²) >= 11 is 0. The van der Waals surface area contributed by atoms with Gasteiger partial charge in [0.25, 0.3) is 0 Å². The summed E-state index contributed by atoms with van der Waals surface area (Å²) in [7, 11) is 0. The summed E-state index contributed by atoms with van der Waals surface area (Å²) in [4.78, 5) is 24.9. The average Bonchev–Trinajstić information content (AvgIpc) is 4.07. The zero-order valence-corrected chi connectivity index (χ0v) is 41.0. The maximum absolute atomic E-state index is 15.0. The zero-order valence-electron chi connectivity index (χ0n) is 41.0. The average molecular weight is 1020 g/mol. The van der Waals surface area contributed by atoms with E-state index in [2.05, 4.69) is 31.5 Å². The first-order chi connectivity index (χ1) is 38.4. The van der Waals surface area contributed by atoms with Crippen LogP contribution in [-0.2, 0) is 6.18 Å². The maximum Gasteiger partial charge on any atom is 0.416 e. The van der Waals surface area contributed by atoms with Gasteiger partial charge in [0.2, 0.25) is 0 Å². The molecule has 0 saturated heterocycles. The number of aromatic nitrogens is 3. The van der Waals surface area contributed by atoms with Crippen LogP contribution in [0.3, 0.4) is 0 Å². The van der Waals surface area contributed by atoms with Gasteiger partial charge in [0.05, 0.1) is 83.7 Å². The Balaban J connectivity index is 1.31. The molecule has 366 valence electrons. The Labute approximate surface area is 450 Å². The van der Waals surface area contributed by atoms with E-state index >= 15 is 0 Å². The second kappa shape index (κ2) is 20.1. The van der Waals surface area contributed by atoms with Crippen LogP contribution < -0.4 is 0 Å².